The highest BCUT2D eigenvalue weighted by Gasteiger charge is 2.25. The molecular formula is C14H19N3O2. The Morgan fingerprint density at radius 3 is 3.26 bits per heavy atom. The van der Waals surface area contributed by atoms with Gasteiger partial charge in [0.1, 0.15) is 11.8 Å². The lowest BCUT2D eigenvalue weighted by Gasteiger charge is -2.31. The molecule has 2 N–H and O–H groups in total. The van der Waals surface area contributed by atoms with Gasteiger partial charge in [-0.1, -0.05) is 0 Å². The number of hydrogen-bond donors (Lipinski definition) is 2. The van der Waals surface area contributed by atoms with Crippen molar-refractivity contribution in [2.75, 3.05) is 38.6 Å². The molecule has 0 spiro atoms. The van der Waals surface area contributed by atoms with Gasteiger partial charge in [0.2, 0.25) is 5.91 Å². The van der Waals surface area contributed by atoms with Gasteiger partial charge in [-0.25, -0.2) is 0 Å². The number of amides is 1. The van der Waals surface area contributed by atoms with Crippen LogP contribution in [0.1, 0.15) is 5.56 Å². The summed E-state index contributed by atoms with van der Waals surface area (Å²) < 4.78 is 5.46. The fraction of sp³-hybridized carbons (Fsp3) is 0.500. The van der Waals surface area contributed by atoms with Crippen LogP contribution in [0, 0.1) is 0 Å². The molecule has 5 heteroatoms. The van der Waals surface area contributed by atoms with Gasteiger partial charge in [-0.05, 0) is 30.8 Å². The molecule has 5 nitrogen and oxygen atoms in total. The molecule has 1 fully saturated rings. The number of anilines is 1. The Bertz CT molecular complexity index is 490. The van der Waals surface area contributed by atoms with Crippen molar-refractivity contribution in [3.63, 3.8) is 0 Å². The molecule has 0 aliphatic carbocycles. The van der Waals surface area contributed by atoms with Crippen molar-refractivity contribution in [3.05, 3.63) is 23.8 Å². The van der Waals surface area contributed by atoms with E-state index in [1.807, 2.05) is 25.2 Å². The lowest BCUT2D eigenvalue weighted by Crippen LogP contribution is -2.54. The van der Waals surface area contributed by atoms with Crippen molar-refractivity contribution in [1.82, 2.24) is 10.2 Å². The monoisotopic (exact) mass is 261 g/mol. The fourth-order valence-corrected chi connectivity index (χ4v) is 2.59. The molecule has 2 heterocycles. The van der Waals surface area contributed by atoms with Gasteiger partial charge in [-0.15, -0.1) is 0 Å². The number of benzene rings is 1. The first kappa shape index (κ1) is 12.4. The largest absolute Gasteiger partial charge is 0.493 e. The zero-order chi connectivity index (χ0) is 13.2. The Labute approximate surface area is 112 Å². The van der Waals surface area contributed by atoms with Crippen molar-refractivity contribution < 1.29 is 9.53 Å². The highest BCUT2D eigenvalue weighted by Crippen LogP contribution is 2.27. The van der Waals surface area contributed by atoms with Crippen LogP contribution in [0.25, 0.3) is 0 Å². The summed E-state index contributed by atoms with van der Waals surface area (Å²) >= 11 is 0. The maximum Gasteiger partial charge on any atom is 0.243 e. The van der Waals surface area contributed by atoms with Gasteiger partial charge in [0.05, 0.1) is 6.61 Å². The lowest BCUT2D eigenvalue weighted by atomic mass is 10.1. The molecule has 2 aliphatic rings. The van der Waals surface area contributed by atoms with Crippen LogP contribution in [0.5, 0.6) is 5.75 Å². The molecule has 1 amide bonds. The summed E-state index contributed by atoms with van der Waals surface area (Å²) in [6.07, 6.45) is 0.921. The van der Waals surface area contributed by atoms with Gasteiger partial charge in [0.25, 0.3) is 0 Å². The molecule has 1 atom stereocenters. The number of nitrogens with zero attached hydrogens (tertiary/aromatic N) is 1. The number of piperazine rings is 1. The number of carbonyl (C=O) groups is 1. The molecule has 1 aromatic rings. The minimum Gasteiger partial charge on any atom is -0.493 e. The molecule has 3 rings (SSSR count). The standard InChI is InChI=1S/C14H19N3O2/c1-17-6-5-15-9-12(17)14(18)16-11-2-3-13-10(8-11)4-7-19-13/h2-3,8,12,15H,4-7,9H2,1H3,(H,16,18). The Morgan fingerprint density at radius 2 is 2.42 bits per heavy atom. The summed E-state index contributed by atoms with van der Waals surface area (Å²) in [5, 5.41) is 6.25. The molecule has 0 bridgehead atoms. The zero-order valence-corrected chi connectivity index (χ0v) is 11.1. The van der Waals surface area contributed by atoms with E-state index in [2.05, 4.69) is 15.5 Å². The van der Waals surface area contributed by atoms with Crippen LogP contribution < -0.4 is 15.4 Å². The van der Waals surface area contributed by atoms with E-state index in [-0.39, 0.29) is 11.9 Å². The third-order valence-corrected chi connectivity index (χ3v) is 3.77. The van der Waals surface area contributed by atoms with E-state index in [4.69, 9.17) is 4.74 Å². The fourth-order valence-electron chi connectivity index (χ4n) is 2.59. The third kappa shape index (κ3) is 2.57. The van der Waals surface area contributed by atoms with Gasteiger partial charge in [-0.2, -0.15) is 0 Å². The van der Waals surface area contributed by atoms with Gasteiger partial charge in [0.15, 0.2) is 0 Å². The molecule has 0 saturated carbocycles. The number of likely N-dealkylation sites (N-methyl/N-ethyl adjacent to an activating group) is 1. The maximum absolute atomic E-state index is 12.3. The summed E-state index contributed by atoms with van der Waals surface area (Å²) in [6, 6.07) is 5.74. The van der Waals surface area contributed by atoms with Crippen molar-refractivity contribution >= 4 is 11.6 Å². The molecule has 1 saturated heterocycles. The summed E-state index contributed by atoms with van der Waals surface area (Å²) in [5.41, 5.74) is 2.03. The van der Waals surface area contributed by atoms with Gasteiger partial charge in [0, 0.05) is 31.7 Å². The molecule has 102 valence electrons. The van der Waals surface area contributed by atoms with E-state index >= 15 is 0 Å². The summed E-state index contributed by atoms with van der Waals surface area (Å²) in [4.78, 5) is 14.3. The second-order valence-electron chi connectivity index (χ2n) is 5.11. The zero-order valence-electron chi connectivity index (χ0n) is 11.1. The first-order valence-electron chi connectivity index (χ1n) is 6.71. The molecule has 0 aromatic heterocycles. The smallest absolute Gasteiger partial charge is 0.243 e. The van der Waals surface area contributed by atoms with Gasteiger partial charge < -0.3 is 15.4 Å². The second-order valence-corrected chi connectivity index (χ2v) is 5.11. The molecule has 19 heavy (non-hydrogen) atoms. The number of carbonyl (C=O) groups excluding carboxylic acids is 1. The predicted molar refractivity (Wildman–Crippen MR) is 73.6 cm³/mol. The number of ether oxygens (including phenoxy) is 1. The van der Waals surface area contributed by atoms with Crippen LogP contribution in [-0.4, -0.2) is 50.1 Å². The van der Waals surface area contributed by atoms with Crippen LogP contribution in [0.2, 0.25) is 0 Å². The van der Waals surface area contributed by atoms with Crippen molar-refractivity contribution in [3.8, 4) is 5.75 Å². The summed E-state index contributed by atoms with van der Waals surface area (Å²) in [6.45, 7) is 3.28. The molecule has 1 aromatic carbocycles. The second kappa shape index (κ2) is 5.19. The highest BCUT2D eigenvalue weighted by molar-refractivity contribution is 5.95. The van der Waals surface area contributed by atoms with Crippen molar-refractivity contribution in [2.24, 2.45) is 0 Å². The summed E-state index contributed by atoms with van der Waals surface area (Å²) in [5.74, 6) is 0.989. The minimum absolute atomic E-state index is 0.0496. The number of fused-ring (bicyclic) bond motifs is 1. The SMILES string of the molecule is CN1CCNCC1C(=O)Nc1ccc2c(c1)CCO2. The van der Waals surface area contributed by atoms with Crippen LogP contribution in [0.3, 0.4) is 0 Å². The maximum atomic E-state index is 12.3. The molecule has 0 radical (unpaired) electrons. The first-order valence-corrected chi connectivity index (χ1v) is 6.71. The number of nitrogens with one attached hydrogen (secondary N) is 2. The Balaban J connectivity index is 1.69. The van der Waals surface area contributed by atoms with Crippen LogP contribution in [0.15, 0.2) is 18.2 Å². The number of rotatable bonds is 2. The van der Waals surface area contributed by atoms with Crippen LogP contribution >= 0.6 is 0 Å². The van der Waals surface area contributed by atoms with Crippen molar-refractivity contribution in [1.29, 1.82) is 0 Å². The Hall–Kier alpha value is -1.59. The van der Waals surface area contributed by atoms with Crippen molar-refractivity contribution in [2.45, 2.75) is 12.5 Å². The first-order chi connectivity index (χ1) is 9.24. The van der Waals surface area contributed by atoms with Crippen LogP contribution in [0.4, 0.5) is 5.69 Å². The van der Waals surface area contributed by atoms with E-state index in [1.165, 1.54) is 5.56 Å². The van der Waals surface area contributed by atoms with E-state index in [1.54, 1.807) is 0 Å². The average Bonchev–Trinajstić information content (AvgIpc) is 2.86. The normalized spacial score (nSPS) is 22.7. The Morgan fingerprint density at radius 1 is 1.53 bits per heavy atom. The Kier molecular flexibility index (Phi) is 3.40. The summed E-state index contributed by atoms with van der Waals surface area (Å²) in [7, 11) is 1.99. The van der Waals surface area contributed by atoms with E-state index in [9.17, 15) is 4.79 Å². The molecule has 2 aliphatic heterocycles. The molecule has 1 unspecified atom stereocenters. The van der Waals surface area contributed by atoms with E-state index < -0.39 is 0 Å². The van der Waals surface area contributed by atoms with E-state index in [0.717, 1.165) is 37.6 Å². The lowest BCUT2D eigenvalue weighted by molar-refractivity contribution is -0.121. The van der Waals surface area contributed by atoms with Gasteiger partial charge in [-0.3, -0.25) is 9.69 Å². The van der Waals surface area contributed by atoms with Crippen LogP contribution in [-0.2, 0) is 11.2 Å². The average molecular weight is 261 g/mol. The van der Waals surface area contributed by atoms with Gasteiger partial charge >= 0.3 is 0 Å². The minimum atomic E-state index is -0.0988. The quantitative estimate of drug-likeness (QED) is 0.812. The topological polar surface area (TPSA) is 53.6 Å². The third-order valence-electron chi connectivity index (χ3n) is 3.77. The van der Waals surface area contributed by atoms with E-state index in [0.29, 0.717) is 6.54 Å². The predicted octanol–water partition coefficient (Wildman–Crippen LogP) is 0.464. The highest BCUT2D eigenvalue weighted by atomic mass is 16.5. The molecular weight excluding hydrogens is 242 g/mol. The number of hydrogen-bond acceptors (Lipinski definition) is 4.